The molecule has 0 aromatic heterocycles. The molecule has 0 aliphatic heterocycles. The Morgan fingerprint density at radius 2 is 1.94 bits per heavy atom. The average molecular weight is 265 g/mol. The van der Waals surface area contributed by atoms with E-state index in [1.807, 2.05) is 0 Å². The van der Waals surface area contributed by atoms with E-state index in [1.165, 1.54) is 36.4 Å². The lowest BCUT2D eigenvalue weighted by Crippen LogP contribution is -1.91. The Labute approximate surface area is 108 Å². The molecule has 0 amide bonds. The Morgan fingerprint density at radius 3 is 2.61 bits per heavy atom. The number of nitro groups is 1. The Balaban J connectivity index is 2.61. The molecule has 0 heterocycles. The van der Waals surface area contributed by atoms with Crippen LogP contribution in [0.4, 0.5) is 10.1 Å². The van der Waals surface area contributed by atoms with Crippen LogP contribution >= 0.6 is 11.6 Å². The molecule has 0 aliphatic rings. The van der Waals surface area contributed by atoms with E-state index in [0.29, 0.717) is 11.1 Å². The van der Waals surface area contributed by atoms with Gasteiger partial charge in [0.05, 0.1) is 4.92 Å². The minimum atomic E-state index is -0.599. The Kier molecular flexibility index (Phi) is 3.30. The minimum Gasteiger partial charge on any atom is -0.258 e. The van der Waals surface area contributed by atoms with Gasteiger partial charge in [-0.15, -0.1) is 0 Å². The molecule has 3 nitrogen and oxygen atoms in total. The normalized spacial score (nSPS) is 10.4. The van der Waals surface area contributed by atoms with Gasteiger partial charge >= 0.3 is 0 Å². The van der Waals surface area contributed by atoms with Crippen molar-refractivity contribution in [3.8, 4) is 11.1 Å². The molecule has 0 aliphatic carbocycles. The van der Waals surface area contributed by atoms with Gasteiger partial charge in [-0.2, -0.15) is 0 Å². The summed E-state index contributed by atoms with van der Waals surface area (Å²) in [4.78, 5) is 10.2. The zero-order valence-electron chi connectivity index (χ0n) is 9.19. The zero-order chi connectivity index (χ0) is 13.3. The summed E-state index contributed by atoms with van der Waals surface area (Å²) in [6, 6.07) is 8.50. The summed E-state index contributed by atoms with van der Waals surface area (Å²) in [6.45, 7) is 3.70. The molecule has 2 rings (SSSR count). The van der Waals surface area contributed by atoms with Crippen molar-refractivity contribution >= 4 is 17.3 Å². The largest absolute Gasteiger partial charge is 0.288 e. The van der Waals surface area contributed by atoms with E-state index in [9.17, 15) is 14.5 Å². The monoisotopic (exact) mass is 264 g/mol. The van der Waals surface area contributed by atoms with Crippen LogP contribution < -0.4 is 0 Å². The van der Waals surface area contributed by atoms with Crippen LogP contribution in [0.15, 0.2) is 36.4 Å². The summed E-state index contributed by atoms with van der Waals surface area (Å²) >= 11 is 5.70. The third-order valence-electron chi connectivity index (χ3n) is 2.48. The highest BCUT2D eigenvalue weighted by atomic mass is 35.5. The van der Waals surface area contributed by atoms with Gasteiger partial charge in [0.25, 0.3) is 5.69 Å². The Morgan fingerprint density at radius 1 is 1.22 bits per heavy atom. The quantitative estimate of drug-likeness (QED) is 0.601. The predicted octanol–water partition coefficient (Wildman–Crippen LogP) is 4.24. The molecule has 0 bridgehead atoms. The second-order valence-electron chi connectivity index (χ2n) is 3.74. The first kappa shape index (κ1) is 12.5. The van der Waals surface area contributed by atoms with Gasteiger partial charge in [0.2, 0.25) is 0 Å². The van der Waals surface area contributed by atoms with Crippen LogP contribution in [0.1, 0.15) is 5.56 Å². The van der Waals surface area contributed by atoms with Crippen molar-refractivity contribution in [3.05, 3.63) is 69.8 Å². The molecule has 0 fully saturated rings. The van der Waals surface area contributed by atoms with Crippen molar-refractivity contribution < 1.29 is 9.31 Å². The van der Waals surface area contributed by atoms with Crippen LogP contribution in [0.5, 0.6) is 0 Å². The molecular formula is C13H8ClFNO2. The minimum absolute atomic E-state index is 0.0231. The first-order chi connectivity index (χ1) is 8.49. The molecule has 0 saturated carbocycles. The highest BCUT2D eigenvalue weighted by molar-refractivity contribution is 6.32. The number of hydrogen-bond acceptors (Lipinski definition) is 2. The summed E-state index contributed by atoms with van der Waals surface area (Å²) in [5.74, 6) is -0.459. The van der Waals surface area contributed by atoms with Crippen molar-refractivity contribution in [2.45, 2.75) is 0 Å². The summed E-state index contributed by atoms with van der Waals surface area (Å²) in [5.41, 5.74) is 1.04. The van der Waals surface area contributed by atoms with E-state index >= 15 is 0 Å². The van der Waals surface area contributed by atoms with Crippen molar-refractivity contribution in [2.24, 2.45) is 0 Å². The van der Waals surface area contributed by atoms with Gasteiger partial charge in [0.15, 0.2) is 0 Å². The van der Waals surface area contributed by atoms with Crippen LogP contribution in [-0.4, -0.2) is 4.92 Å². The first-order valence-electron chi connectivity index (χ1n) is 5.05. The summed E-state index contributed by atoms with van der Waals surface area (Å²) in [6.07, 6.45) is 0. The average Bonchev–Trinajstić information content (AvgIpc) is 2.33. The van der Waals surface area contributed by atoms with Crippen LogP contribution in [-0.2, 0) is 0 Å². The van der Waals surface area contributed by atoms with Gasteiger partial charge in [-0.3, -0.25) is 10.1 Å². The van der Waals surface area contributed by atoms with Crippen LogP contribution in [0, 0.1) is 22.9 Å². The van der Waals surface area contributed by atoms with Crippen molar-refractivity contribution in [1.82, 2.24) is 0 Å². The molecule has 0 N–H and O–H groups in total. The summed E-state index contributed by atoms with van der Waals surface area (Å²) < 4.78 is 13.7. The summed E-state index contributed by atoms with van der Waals surface area (Å²) in [5, 5.41) is 10.8. The molecule has 2 aromatic carbocycles. The van der Waals surface area contributed by atoms with Gasteiger partial charge in [-0.25, -0.2) is 4.39 Å². The van der Waals surface area contributed by atoms with Gasteiger partial charge in [-0.1, -0.05) is 23.7 Å². The standard InChI is InChI=1S/C13H8ClFNO2/c1-8-2-5-12(15)10(6-8)9-3-4-11(14)13(7-9)16(17)18/h2-7H,1H2. The fraction of sp³-hybridized carbons (Fsp3) is 0. The van der Waals surface area contributed by atoms with Crippen molar-refractivity contribution in [3.63, 3.8) is 0 Å². The maximum atomic E-state index is 13.7. The number of hydrogen-bond donors (Lipinski definition) is 0. The third-order valence-corrected chi connectivity index (χ3v) is 2.80. The second-order valence-corrected chi connectivity index (χ2v) is 4.14. The lowest BCUT2D eigenvalue weighted by molar-refractivity contribution is -0.384. The Hall–Kier alpha value is -1.94. The molecule has 1 radical (unpaired) electrons. The van der Waals surface area contributed by atoms with Gasteiger partial charge in [0, 0.05) is 11.6 Å². The topological polar surface area (TPSA) is 43.1 Å². The highest BCUT2D eigenvalue weighted by Crippen LogP contribution is 2.31. The molecule has 0 saturated heterocycles. The van der Waals surface area contributed by atoms with Crippen molar-refractivity contribution in [2.75, 3.05) is 0 Å². The van der Waals surface area contributed by atoms with E-state index < -0.39 is 10.7 Å². The third kappa shape index (κ3) is 2.33. The van der Waals surface area contributed by atoms with E-state index in [0.717, 1.165) is 0 Å². The summed E-state index contributed by atoms with van der Waals surface area (Å²) in [7, 11) is 0. The molecule has 5 heteroatoms. The molecular weight excluding hydrogens is 257 g/mol. The fourth-order valence-electron chi connectivity index (χ4n) is 1.61. The lowest BCUT2D eigenvalue weighted by atomic mass is 10.0. The van der Waals surface area contributed by atoms with Gasteiger partial charge < -0.3 is 0 Å². The molecule has 0 unspecified atom stereocenters. The Bertz CT molecular complexity index is 628. The molecule has 91 valence electrons. The number of benzene rings is 2. The van der Waals surface area contributed by atoms with E-state index in [4.69, 9.17) is 11.6 Å². The van der Waals surface area contributed by atoms with E-state index in [-0.39, 0.29) is 16.3 Å². The smallest absolute Gasteiger partial charge is 0.258 e. The number of halogens is 2. The zero-order valence-corrected chi connectivity index (χ0v) is 9.95. The van der Waals surface area contributed by atoms with Crippen LogP contribution in [0.3, 0.4) is 0 Å². The SMILES string of the molecule is [CH2]c1ccc(F)c(-c2ccc(Cl)c([N+](=O)[O-])c2)c1. The van der Waals surface area contributed by atoms with E-state index in [2.05, 4.69) is 6.92 Å². The van der Waals surface area contributed by atoms with Gasteiger partial charge in [-0.05, 0) is 36.2 Å². The lowest BCUT2D eigenvalue weighted by Gasteiger charge is -2.05. The number of nitrogens with zero attached hydrogens (tertiary/aromatic N) is 1. The molecule has 0 atom stereocenters. The maximum absolute atomic E-state index is 13.7. The second kappa shape index (κ2) is 4.74. The highest BCUT2D eigenvalue weighted by Gasteiger charge is 2.15. The molecule has 2 aromatic rings. The number of nitro benzene ring substituents is 1. The first-order valence-corrected chi connectivity index (χ1v) is 5.42. The fourth-order valence-corrected chi connectivity index (χ4v) is 1.80. The maximum Gasteiger partial charge on any atom is 0.288 e. The van der Waals surface area contributed by atoms with Gasteiger partial charge in [0.1, 0.15) is 10.8 Å². The molecule has 0 spiro atoms. The van der Waals surface area contributed by atoms with E-state index in [1.54, 1.807) is 0 Å². The number of rotatable bonds is 2. The predicted molar refractivity (Wildman–Crippen MR) is 68.0 cm³/mol. The van der Waals surface area contributed by atoms with Crippen molar-refractivity contribution in [1.29, 1.82) is 0 Å². The molecule has 18 heavy (non-hydrogen) atoms. The van der Waals surface area contributed by atoms with Crippen LogP contribution in [0.2, 0.25) is 5.02 Å². The van der Waals surface area contributed by atoms with Crippen LogP contribution in [0.25, 0.3) is 11.1 Å².